The third-order valence-corrected chi connectivity index (χ3v) is 2.42. The van der Waals surface area contributed by atoms with E-state index in [2.05, 4.69) is 15.3 Å². The summed E-state index contributed by atoms with van der Waals surface area (Å²) in [5, 5.41) is 2.31. The average molecular weight is 233 g/mol. The number of halogens is 3. The summed E-state index contributed by atoms with van der Waals surface area (Å²) >= 11 is 0. The average Bonchev–Trinajstić information content (AvgIpc) is 2.81. The number of anilines is 3. The first-order valence-corrected chi connectivity index (χ1v) is 4.57. The molecule has 0 bridgehead atoms. The molecular formula is C8H10F3N5. The minimum atomic E-state index is -4.30. The highest BCUT2D eigenvalue weighted by molar-refractivity contribution is 5.51. The molecule has 1 aromatic heterocycles. The molecule has 1 aliphatic carbocycles. The van der Waals surface area contributed by atoms with Gasteiger partial charge in [0.2, 0.25) is 5.95 Å². The van der Waals surface area contributed by atoms with E-state index in [0.29, 0.717) is 0 Å². The second-order valence-electron chi connectivity index (χ2n) is 3.74. The van der Waals surface area contributed by atoms with Gasteiger partial charge in [-0.15, -0.1) is 0 Å². The molecule has 1 aromatic rings. The van der Waals surface area contributed by atoms with Gasteiger partial charge in [-0.25, -0.2) is 0 Å². The van der Waals surface area contributed by atoms with Crippen LogP contribution in [-0.2, 0) is 0 Å². The van der Waals surface area contributed by atoms with Crippen LogP contribution < -0.4 is 16.8 Å². The fourth-order valence-corrected chi connectivity index (χ4v) is 1.40. The number of alkyl halides is 3. The van der Waals surface area contributed by atoms with E-state index in [1.54, 1.807) is 0 Å². The van der Waals surface area contributed by atoms with Crippen molar-refractivity contribution in [3.8, 4) is 0 Å². The van der Waals surface area contributed by atoms with Crippen LogP contribution in [0.5, 0.6) is 0 Å². The SMILES string of the molecule is Nc1cc(NC2(C(F)(F)F)CC2)nc(N)n1. The Labute approximate surface area is 89.1 Å². The van der Waals surface area contributed by atoms with Crippen LogP contribution in [0, 0.1) is 0 Å². The van der Waals surface area contributed by atoms with Crippen LogP contribution in [0.4, 0.5) is 30.8 Å². The molecule has 0 unspecified atom stereocenters. The van der Waals surface area contributed by atoms with E-state index in [0.717, 1.165) is 0 Å². The van der Waals surface area contributed by atoms with Gasteiger partial charge in [-0.2, -0.15) is 23.1 Å². The van der Waals surface area contributed by atoms with Crippen molar-refractivity contribution in [3.63, 3.8) is 0 Å². The van der Waals surface area contributed by atoms with Crippen molar-refractivity contribution in [3.05, 3.63) is 6.07 Å². The van der Waals surface area contributed by atoms with Crippen LogP contribution in [0.2, 0.25) is 0 Å². The fraction of sp³-hybridized carbons (Fsp3) is 0.500. The summed E-state index contributed by atoms with van der Waals surface area (Å²) in [7, 11) is 0. The Balaban J connectivity index is 2.22. The van der Waals surface area contributed by atoms with Gasteiger partial charge in [0, 0.05) is 6.07 Å². The molecule has 1 saturated carbocycles. The van der Waals surface area contributed by atoms with E-state index in [9.17, 15) is 13.2 Å². The van der Waals surface area contributed by atoms with Gasteiger partial charge in [0.05, 0.1) is 0 Å². The lowest BCUT2D eigenvalue weighted by Crippen LogP contribution is -2.39. The van der Waals surface area contributed by atoms with Crippen LogP contribution in [-0.4, -0.2) is 21.7 Å². The highest BCUT2D eigenvalue weighted by Gasteiger charge is 2.63. The Bertz CT molecular complexity index is 392. The van der Waals surface area contributed by atoms with Crippen LogP contribution in [0.15, 0.2) is 6.07 Å². The predicted molar refractivity (Wildman–Crippen MR) is 52.5 cm³/mol. The molecule has 0 amide bonds. The number of hydrogen-bond acceptors (Lipinski definition) is 5. The topological polar surface area (TPSA) is 89.8 Å². The summed E-state index contributed by atoms with van der Waals surface area (Å²) in [5.41, 5.74) is 8.76. The fourth-order valence-electron chi connectivity index (χ4n) is 1.40. The molecule has 0 aromatic carbocycles. The highest BCUT2D eigenvalue weighted by Crippen LogP contribution is 2.51. The maximum Gasteiger partial charge on any atom is 0.411 e. The largest absolute Gasteiger partial charge is 0.411 e. The molecule has 8 heteroatoms. The lowest BCUT2D eigenvalue weighted by molar-refractivity contribution is -0.151. The van der Waals surface area contributed by atoms with E-state index in [4.69, 9.17) is 11.5 Å². The van der Waals surface area contributed by atoms with Crippen LogP contribution in [0.3, 0.4) is 0 Å². The van der Waals surface area contributed by atoms with Gasteiger partial charge in [0.25, 0.3) is 0 Å². The third-order valence-electron chi connectivity index (χ3n) is 2.42. The second kappa shape index (κ2) is 3.13. The summed E-state index contributed by atoms with van der Waals surface area (Å²) in [6.45, 7) is 0. The summed E-state index contributed by atoms with van der Waals surface area (Å²) in [4.78, 5) is 7.22. The van der Waals surface area contributed by atoms with Crippen molar-refractivity contribution in [1.29, 1.82) is 0 Å². The van der Waals surface area contributed by atoms with Crippen LogP contribution in [0.1, 0.15) is 12.8 Å². The quantitative estimate of drug-likeness (QED) is 0.712. The van der Waals surface area contributed by atoms with Gasteiger partial charge < -0.3 is 16.8 Å². The maximum atomic E-state index is 12.6. The molecule has 16 heavy (non-hydrogen) atoms. The number of rotatable bonds is 2. The Kier molecular flexibility index (Phi) is 2.11. The van der Waals surface area contributed by atoms with Crippen molar-refractivity contribution in [1.82, 2.24) is 9.97 Å². The lowest BCUT2D eigenvalue weighted by Gasteiger charge is -2.21. The second-order valence-corrected chi connectivity index (χ2v) is 3.74. The van der Waals surface area contributed by atoms with Gasteiger partial charge >= 0.3 is 6.18 Å². The first-order chi connectivity index (χ1) is 7.32. The van der Waals surface area contributed by atoms with Gasteiger partial charge in [0.1, 0.15) is 17.2 Å². The molecule has 0 aliphatic heterocycles. The van der Waals surface area contributed by atoms with Crippen molar-refractivity contribution >= 4 is 17.6 Å². The molecule has 0 saturated heterocycles. The van der Waals surface area contributed by atoms with Crippen molar-refractivity contribution in [2.75, 3.05) is 16.8 Å². The molecule has 2 rings (SSSR count). The molecule has 0 atom stereocenters. The summed E-state index contributed by atoms with van der Waals surface area (Å²) < 4.78 is 37.8. The van der Waals surface area contributed by atoms with Gasteiger partial charge in [0.15, 0.2) is 0 Å². The smallest absolute Gasteiger partial charge is 0.383 e. The highest BCUT2D eigenvalue weighted by atomic mass is 19.4. The minimum absolute atomic E-state index is 0.000162. The molecular weight excluding hydrogens is 223 g/mol. The summed E-state index contributed by atoms with van der Waals surface area (Å²) in [6, 6.07) is 1.22. The molecule has 88 valence electrons. The van der Waals surface area contributed by atoms with E-state index < -0.39 is 11.7 Å². The zero-order chi connectivity index (χ0) is 12.0. The summed E-state index contributed by atoms with van der Waals surface area (Å²) in [5.74, 6) is -0.117. The Morgan fingerprint density at radius 3 is 2.31 bits per heavy atom. The van der Waals surface area contributed by atoms with Gasteiger partial charge in [-0.3, -0.25) is 0 Å². The van der Waals surface area contributed by atoms with Crippen molar-refractivity contribution in [2.45, 2.75) is 24.6 Å². The Hall–Kier alpha value is -1.73. The monoisotopic (exact) mass is 233 g/mol. The van der Waals surface area contributed by atoms with Gasteiger partial charge in [-0.05, 0) is 12.8 Å². The standard InChI is InChI=1S/C8H10F3N5/c9-8(10,11)7(1-2-7)16-5-3-4(12)14-6(13)15-5/h3H,1-2H2,(H5,12,13,14,15,16). The molecule has 5 nitrogen and oxygen atoms in total. The van der Waals surface area contributed by atoms with Crippen molar-refractivity contribution < 1.29 is 13.2 Å². The number of nitrogen functional groups attached to an aromatic ring is 2. The molecule has 1 heterocycles. The Morgan fingerprint density at radius 1 is 1.25 bits per heavy atom. The van der Waals surface area contributed by atoms with E-state index >= 15 is 0 Å². The molecule has 0 spiro atoms. The van der Waals surface area contributed by atoms with Gasteiger partial charge in [-0.1, -0.05) is 0 Å². The third kappa shape index (κ3) is 1.82. The first-order valence-electron chi connectivity index (χ1n) is 4.57. The number of nitrogens with zero attached hydrogens (tertiary/aromatic N) is 2. The number of nitrogens with two attached hydrogens (primary N) is 2. The van der Waals surface area contributed by atoms with E-state index in [1.165, 1.54) is 6.07 Å². The number of aromatic nitrogens is 2. The van der Waals surface area contributed by atoms with Crippen LogP contribution in [0.25, 0.3) is 0 Å². The van der Waals surface area contributed by atoms with E-state index in [1.807, 2.05) is 0 Å². The predicted octanol–water partition coefficient (Wildman–Crippen LogP) is 1.15. The Morgan fingerprint density at radius 2 is 1.88 bits per heavy atom. The first kappa shape index (κ1) is 10.8. The normalized spacial score (nSPS) is 18.2. The number of nitrogens with one attached hydrogen (secondary N) is 1. The zero-order valence-corrected chi connectivity index (χ0v) is 8.17. The van der Waals surface area contributed by atoms with E-state index in [-0.39, 0.29) is 30.4 Å². The molecule has 1 fully saturated rings. The maximum absolute atomic E-state index is 12.6. The molecule has 1 aliphatic rings. The minimum Gasteiger partial charge on any atom is -0.383 e. The number of hydrogen-bond donors (Lipinski definition) is 3. The zero-order valence-electron chi connectivity index (χ0n) is 8.17. The van der Waals surface area contributed by atoms with Crippen molar-refractivity contribution in [2.24, 2.45) is 0 Å². The summed E-state index contributed by atoms with van der Waals surface area (Å²) in [6.07, 6.45) is -4.25. The lowest BCUT2D eigenvalue weighted by atomic mass is 10.2. The molecule has 0 radical (unpaired) electrons. The molecule has 5 N–H and O–H groups in total. The van der Waals surface area contributed by atoms with Crippen LogP contribution >= 0.6 is 0 Å².